The molecule has 0 spiro atoms. The van der Waals surface area contributed by atoms with E-state index in [-0.39, 0.29) is 22.9 Å². The lowest BCUT2D eigenvalue weighted by Crippen LogP contribution is -2.41. The molecule has 6 nitrogen and oxygen atoms in total. The molecule has 104 valence electrons. The van der Waals surface area contributed by atoms with E-state index in [4.69, 9.17) is 10.9 Å². The molecule has 1 aliphatic heterocycles. The summed E-state index contributed by atoms with van der Waals surface area (Å²) in [5.74, 6) is -0.627. The minimum atomic E-state index is -3.00. The second-order valence-electron chi connectivity index (χ2n) is 4.29. The molecule has 1 aromatic rings. The van der Waals surface area contributed by atoms with E-state index in [9.17, 15) is 12.8 Å². The van der Waals surface area contributed by atoms with Crippen LogP contribution in [0.3, 0.4) is 0 Å². The van der Waals surface area contributed by atoms with Crippen LogP contribution in [0.5, 0.6) is 0 Å². The van der Waals surface area contributed by atoms with Gasteiger partial charge in [-0.1, -0.05) is 5.16 Å². The molecular formula is C11H14FN3O3S. The molecule has 0 bridgehead atoms. The maximum atomic E-state index is 13.2. The molecule has 0 atom stereocenters. The van der Waals surface area contributed by atoms with Gasteiger partial charge in [0.05, 0.1) is 11.5 Å². The number of hydrogen-bond donors (Lipinski definition) is 2. The van der Waals surface area contributed by atoms with E-state index in [1.165, 1.54) is 12.1 Å². The number of anilines is 1. The first-order chi connectivity index (χ1) is 8.93. The standard InChI is InChI=1S/C11H14FN3O3S/c12-8-1-2-10(9(7-8)11(13)14-16)15-3-5-19(17,18)6-4-15/h1-2,7,16H,3-6H2,(H2,13,14). The van der Waals surface area contributed by atoms with Gasteiger partial charge in [-0.05, 0) is 18.2 Å². The summed E-state index contributed by atoms with van der Waals surface area (Å²) in [6.07, 6.45) is 0. The molecule has 19 heavy (non-hydrogen) atoms. The predicted octanol–water partition coefficient (Wildman–Crippen LogP) is 0.155. The van der Waals surface area contributed by atoms with Gasteiger partial charge >= 0.3 is 0 Å². The monoisotopic (exact) mass is 287 g/mol. The third-order valence-electron chi connectivity index (χ3n) is 3.03. The highest BCUT2D eigenvalue weighted by atomic mass is 32.2. The van der Waals surface area contributed by atoms with Crippen molar-refractivity contribution in [2.75, 3.05) is 29.5 Å². The van der Waals surface area contributed by atoms with Crippen molar-refractivity contribution in [3.8, 4) is 0 Å². The van der Waals surface area contributed by atoms with E-state index in [2.05, 4.69) is 5.16 Å². The molecule has 2 rings (SSSR count). The minimum absolute atomic E-state index is 0.0417. The average molecular weight is 287 g/mol. The summed E-state index contributed by atoms with van der Waals surface area (Å²) in [6, 6.07) is 3.92. The van der Waals surface area contributed by atoms with Crippen molar-refractivity contribution in [2.45, 2.75) is 0 Å². The fraction of sp³-hybridized carbons (Fsp3) is 0.364. The minimum Gasteiger partial charge on any atom is -0.409 e. The lowest BCUT2D eigenvalue weighted by atomic mass is 10.1. The summed E-state index contributed by atoms with van der Waals surface area (Å²) in [5, 5.41) is 11.6. The van der Waals surface area contributed by atoms with Gasteiger partial charge in [-0.25, -0.2) is 12.8 Å². The number of nitrogens with zero attached hydrogens (tertiary/aromatic N) is 2. The summed E-state index contributed by atoms with van der Waals surface area (Å²) in [7, 11) is -3.00. The zero-order valence-corrected chi connectivity index (χ0v) is 10.9. The van der Waals surface area contributed by atoms with Gasteiger partial charge in [-0.2, -0.15) is 0 Å². The first-order valence-electron chi connectivity index (χ1n) is 5.66. The Morgan fingerprint density at radius 1 is 1.37 bits per heavy atom. The van der Waals surface area contributed by atoms with E-state index < -0.39 is 15.7 Å². The Balaban J connectivity index is 2.35. The van der Waals surface area contributed by atoms with Gasteiger partial charge in [0, 0.05) is 24.3 Å². The fourth-order valence-electron chi connectivity index (χ4n) is 2.00. The van der Waals surface area contributed by atoms with Crippen LogP contribution in [0.4, 0.5) is 10.1 Å². The summed E-state index contributed by atoms with van der Waals surface area (Å²) in [4.78, 5) is 1.79. The molecule has 1 aromatic carbocycles. The Labute approximate surface area is 110 Å². The number of benzene rings is 1. The van der Waals surface area contributed by atoms with Crippen molar-refractivity contribution in [1.29, 1.82) is 0 Å². The zero-order chi connectivity index (χ0) is 14.0. The molecule has 0 aromatic heterocycles. The first-order valence-corrected chi connectivity index (χ1v) is 7.48. The van der Waals surface area contributed by atoms with Gasteiger partial charge in [-0.15, -0.1) is 0 Å². The van der Waals surface area contributed by atoms with Crippen LogP contribution < -0.4 is 10.6 Å². The molecule has 8 heteroatoms. The van der Waals surface area contributed by atoms with Crippen LogP contribution in [-0.2, 0) is 9.84 Å². The Kier molecular flexibility index (Phi) is 3.61. The normalized spacial score (nSPS) is 19.4. The summed E-state index contributed by atoms with van der Waals surface area (Å²) >= 11 is 0. The lowest BCUT2D eigenvalue weighted by Gasteiger charge is -2.30. The Bertz CT molecular complexity index is 602. The van der Waals surface area contributed by atoms with Crippen molar-refractivity contribution in [2.24, 2.45) is 10.9 Å². The van der Waals surface area contributed by atoms with Crippen LogP contribution in [0.15, 0.2) is 23.4 Å². The highest BCUT2D eigenvalue weighted by molar-refractivity contribution is 7.91. The second kappa shape index (κ2) is 5.04. The molecule has 1 saturated heterocycles. The number of oxime groups is 1. The van der Waals surface area contributed by atoms with Gasteiger partial charge < -0.3 is 15.8 Å². The van der Waals surface area contributed by atoms with Crippen molar-refractivity contribution in [3.63, 3.8) is 0 Å². The number of rotatable bonds is 2. The van der Waals surface area contributed by atoms with Crippen molar-refractivity contribution in [3.05, 3.63) is 29.6 Å². The van der Waals surface area contributed by atoms with Gasteiger partial charge in [0.1, 0.15) is 5.82 Å². The Morgan fingerprint density at radius 3 is 2.58 bits per heavy atom. The first kappa shape index (κ1) is 13.6. The highest BCUT2D eigenvalue weighted by Gasteiger charge is 2.24. The van der Waals surface area contributed by atoms with Crippen LogP contribution in [0.25, 0.3) is 0 Å². The maximum Gasteiger partial charge on any atom is 0.172 e. The van der Waals surface area contributed by atoms with Gasteiger partial charge in [-0.3, -0.25) is 0 Å². The van der Waals surface area contributed by atoms with Crippen LogP contribution >= 0.6 is 0 Å². The molecular weight excluding hydrogens is 273 g/mol. The van der Waals surface area contributed by atoms with Gasteiger partial charge in [0.2, 0.25) is 0 Å². The number of amidine groups is 1. The van der Waals surface area contributed by atoms with Gasteiger partial charge in [0.15, 0.2) is 15.7 Å². The van der Waals surface area contributed by atoms with E-state index in [1.54, 1.807) is 4.90 Å². The third kappa shape index (κ3) is 2.95. The van der Waals surface area contributed by atoms with E-state index in [0.717, 1.165) is 6.07 Å². The van der Waals surface area contributed by atoms with E-state index >= 15 is 0 Å². The molecule has 0 radical (unpaired) electrons. The molecule has 0 amide bonds. The molecule has 3 N–H and O–H groups in total. The van der Waals surface area contributed by atoms with Crippen molar-refractivity contribution < 1.29 is 18.0 Å². The highest BCUT2D eigenvalue weighted by Crippen LogP contribution is 2.23. The number of nitrogens with two attached hydrogens (primary N) is 1. The molecule has 1 heterocycles. The molecule has 0 saturated carbocycles. The SMILES string of the molecule is NC(=NO)c1cc(F)ccc1N1CCS(=O)(=O)CC1. The maximum absolute atomic E-state index is 13.2. The Morgan fingerprint density at radius 2 is 2.00 bits per heavy atom. The Hall–Kier alpha value is -1.83. The third-order valence-corrected chi connectivity index (χ3v) is 4.64. The number of sulfone groups is 1. The van der Waals surface area contributed by atoms with E-state index in [1.807, 2.05) is 0 Å². The number of halogens is 1. The average Bonchev–Trinajstić information content (AvgIpc) is 2.38. The van der Waals surface area contributed by atoms with Crippen LogP contribution in [-0.4, -0.2) is 44.1 Å². The quantitative estimate of drug-likeness (QED) is 0.349. The molecule has 1 aliphatic rings. The largest absolute Gasteiger partial charge is 0.409 e. The molecule has 0 unspecified atom stereocenters. The smallest absolute Gasteiger partial charge is 0.172 e. The van der Waals surface area contributed by atoms with Crippen LogP contribution in [0.1, 0.15) is 5.56 Å². The second-order valence-corrected chi connectivity index (χ2v) is 6.59. The lowest BCUT2D eigenvalue weighted by molar-refractivity contribution is 0.318. The number of hydrogen-bond acceptors (Lipinski definition) is 5. The fourth-order valence-corrected chi connectivity index (χ4v) is 3.20. The summed E-state index contributed by atoms with van der Waals surface area (Å²) in [5.41, 5.74) is 6.33. The predicted molar refractivity (Wildman–Crippen MR) is 69.8 cm³/mol. The van der Waals surface area contributed by atoms with E-state index in [0.29, 0.717) is 18.8 Å². The topological polar surface area (TPSA) is 96.0 Å². The van der Waals surface area contributed by atoms with Crippen molar-refractivity contribution >= 4 is 21.4 Å². The summed E-state index contributed by atoms with van der Waals surface area (Å²) < 4.78 is 36.0. The van der Waals surface area contributed by atoms with Crippen molar-refractivity contribution in [1.82, 2.24) is 0 Å². The summed E-state index contributed by atoms with van der Waals surface area (Å²) in [6.45, 7) is 0.610. The van der Waals surface area contributed by atoms with Crippen LogP contribution in [0.2, 0.25) is 0 Å². The molecule has 0 aliphatic carbocycles. The molecule has 1 fully saturated rings. The zero-order valence-electron chi connectivity index (χ0n) is 10.1. The van der Waals surface area contributed by atoms with Gasteiger partial charge in [0.25, 0.3) is 0 Å². The van der Waals surface area contributed by atoms with Crippen LogP contribution in [0, 0.1) is 5.82 Å².